The van der Waals surface area contributed by atoms with E-state index in [0.29, 0.717) is 6.42 Å². The van der Waals surface area contributed by atoms with Gasteiger partial charge < -0.3 is 10.8 Å². The SMILES string of the molecule is CCCC(N)C(=O)O.O=[PH+]O. The van der Waals surface area contributed by atoms with E-state index in [1.165, 1.54) is 0 Å². The maximum atomic E-state index is 9.96. The van der Waals surface area contributed by atoms with Gasteiger partial charge in [-0.2, -0.15) is 4.89 Å². The molecular weight excluding hydrogens is 169 g/mol. The standard InChI is InChI=1S/C5H11NO2.HO2P/c1-2-3-4(6)5(7)8;1-3-2/h4H,2-3,6H2,1H3,(H,7,8);3H/p+1. The van der Waals surface area contributed by atoms with Crippen molar-refractivity contribution in [3.8, 4) is 0 Å². The van der Waals surface area contributed by atoms with Crippen molar-refractivity contribution in [1.29, 1.82) is 0 Å². The number of nitrogens with two attached hydrogens (primary N) is 1. The molecule has 0 aromatic heterocycles. The van der Waals surface area contributed by atoms with Crippen LogP contribution in [0.15, 0.2) is 0 Å². The molecule has 0 aromatic rings. The van der Waals surface area contributed by atoms with Gasteiger partial charge in [0.05, 0.1) is 0 Å². The molecule has 0 aliphatic heterocycles. The number of hydrogen-bond donors (Lipinski definition) is 3. The Morgan fingerprint density at radius 3 is 2.18 bits per heavy atom. The van der Waals surface area contributed by atoms with Crippen molar-refractivity contribution in [3.05, 3.63) is 0 Å². The smallest absolute Gasteiger partial charge is 0.480 e. The van der Waals surface area contributed by atoms with Gasteiger partial charge in [-0.3, -0.25) is 4.79 Å². The van der Waals surface area contributed by atoms with Gasteiger partial charge in [0.25, 0.3) is 0 Å². The Morgan fingerprint density at radius 1 is 1.73 bits per heavy atom. The molecule has 5 nitrogen and oxygen atoms in total. The summed E-state index contributed by atoms with van der Waals surface area (Å²) in [5.74, 6) is -0.910. The molecule has 0 spiro atoms. The lowest BCUT2D eigenvalue weighted by Gasteiger charge is -2.00. The summed E-state index contributed by atoms with van der Waals surface area (Å²) in [6, 6.07) is -0.667. The minimum absolute atomic E-state index is 0.565. The van der Waals surface area contributed by atoms with E-state index in [1.807, 2.05) is 6.92 Å². The second kappa shape index (κ2) is 9.49. The molecule has 0 amide bonds. The molecule has 2 atom stereocenters. The molecule has 0 aliphatic carbocycles. The van der Waals surface area contributed by atoms with Crippen LogP contribution in [0, 0.1) is 0 Å². The highest BCUT2D eigenvalue weighted by atomic mass is 31.1. The predicted octanol–water partition coefficient (Wildman–Crippen LogP) is 0.116. The molecule has 0 saturated carbocycles. The molecule has 0 aliphatic rings. The molecule has 4 N–H and O–H groups in total. The van der Waals surface area contributed by atoms with Crippen LogP contribution in [0.4, 0.5) is 0 Å². The van der Waals surface area contributed by atoms with Crippen LogP contribution in [0.2, 0.25) is 0 Å². The van der Waals surface area contributed by atoms with E-state index in [1.54, 1.807) is 0 Å². The average molecular weight is 182 g/mol. The zero-order valence-electron chi connectivity index (χ0n) is 6.28. The van der Waals surface area contributed by atoms with Gasteiger partial charge in [-0.15, -0.1) is 0 Å². The Labute approximate surface area is 66.5 Å². The van der Waals surface area contributed by atoms with Gasteiger partial charge in [0.2, 0.25) is 0 Å². The van der Waals surface area contributed by atoms with Crippen molar-refractivity contribution in [1.82, 2.24) is 0 Å². The van der Waals surface area contributed by atoms with Crippen molar-refractivity contribution in [2.45, 2.75) is 25.8 Å². The van der Waals surface area contributed by atoms with Crippen LogP contribution in [0.5, 0.6) is 0 Å². The number of rotatable bonds is 3. The van der Waals surface area contributed by atoms with Crippen LogP contribution in [0.3, 0.4) is 0 Å². The van der Waals surface area contributed by atoms with Crippen molar-refractivity contribution in [3.63, 3.8) is 0 Å². The molecule has 0 aromatic carbocycles. The van der Waals surface area contributed by atoms with Crippen LogP contribution in [-0.4, -0.2) is 22.0 Å². The minimum atomic E-state index is -1.17. The molecule has 0 heterocycles. The molecule has 0 saturated heterocycles. The summed E-state index contributed by atoms with van der Waals surface area (Å²) < 4.78 is 8.51. The van der Waals surface area contributed by atoms with Gasteiger partial charge >= 0.3 is 14.7 Å². The first kappa shape index (κ1) is 13.1. The van der Waals surface area contributed by atoms with Crippen molar-refractivity contribution < 1.29 is 19.4 Å². The molecule has 6 heteroatoms. The number of hydrogen-bond acceptors (Lipinski definition) is 3. The molecule has 0 radical (unpaired) electrons. The summed E-state index contributed by atoms with van der Waals surface area (Å²) in [4.78, 5) is 17.0. The first-order chi connectivity index (χ1) is 5.09. The molecule has 11 heavy (non-hydrogen) atoms. The average Bonchev–Trinajstić information content (AvgIpc) is 1.90. The molecule has 0 rings (SSSR count). The first-order valence-corrected chi connectivity index (χ1v) is 3.95. The third-order valence-electron chi connectivity index (χ3n) is 0.917. The zero-order valence-corrected chi connectivity index (χ0v) is 7.28. The number of carbonyl (C=O) groups is 1. The van der Waals surface area contributed by atoms with Crippen LogP contribution in [0.1, 0.15) is 19.8 Å². The van der Waals surface area contributed by atoms with Gasteiger partial charge in [0.15, 0.2) is 0 Å². The number of aliphatic carboxylic acids is 1. The predicted molar refractivity (Wildman–Crippen MR) is 41.7 cm³/mol. The first-order valence-electron chi connectivity index (χ1n) is 3.09. The summed E-state index contributed by atoms with van der Waals surface area (Å²) >= 11 is 0. The second-order valence-electron chi connectivity index (χ2n) is 1.82. The van der Waals surface area contributed by atoms with Crippen LogP contribution in [0.25, 0.3) is 0 Å². The Kier molecular flexibility index (Phi) is 11.3. The van der Waals surface area contributed by atoms with Gasteiger partial charge in [-0.1, -0.05) is 13.3 Å². The highest BCUT2D eigenvalue weighted by molar-refractivity contribution is 7.16. The number of carboxylic acid groups (broad SMARTS) is 1. The minimum Gasteiger partial charge on any atom is -0.480 e. The largest absolute Gasteiger partial charge is 0.491 e. The van der Waals surface area contributed by atoms with Crippen LogP contribution < -0.4 is 5.73 Å². The van der Waals surface area contributed by atoms with Crippen molar-refractivity contribution in [2.24, 2.45) is 5.73 Å². The number of carboxylic acids is 1. The molecular formula is C5H13NO4P+. The van der Waals surface area contributed by atoms with Crippen molar-refractivity contribution >= 4 is 14.7 Å². The summed E-state index contributed by atoms with van der Waals surface area (Å²) in [6.45, 7) is 1.91. The Bertz CT molecular complexity index is 119. The van der Waals surface area contributed by atoms with Gasteiger partial charge in [0.1, 0.15) is 6.04 Å². The Morgan fingerprint density at radius 2 is 2.09 bits per heavy atom. The van der Waals surface area contributed by atoms with Gasteiger partial charge in [-0.05, 0) is 11.0 Å². The second-order valence-corrected chi connectivity index (χ2v) is 2.01. The summed E-state index contributed by atoms with van der Waals surface area (Å²) in [7, 11) is -1.17. The fraction of sp³-hybridized carbons (Fsp3) is 0.800. The summed E-state index contributed by atoms with van der Waals surface area (Å²) in [6.07, 6.45) is 1.39. The van der Waals surface area contributed by atoms with Gasteiger partial charge in [-0.25, -0.2) is 0 Å². The Balaban J connectivity index is 0. The van der Waals surface area contributed by atoms with Crippen LogP contribution in [-0.2, 0) is 9.36 Å². The molecule has 0 fully saturated rings. The highest BCUT2D eigenvalue weighted by Gasteiger charge is 2.07. The molecule has 2 unspecified atom stereocenters. The molecule has 0 bridgehead atoms. The monoisotopic (exact) mass is 182 g/mol. The quantitative estimate of drug-likeness (QED) is 0.538. The third kappa shape index (κ3) is 12.6. The maximum Gasteiger partial charge on any atom is 0.491 e. The topological polar surface area (TPSA) is 101 Å². The van der Waals surface area contributed by atoms with Crippen molar-refractivity contribution in [2.75, 3.05) is 0 Å². The third-order valence-corrected chi connectivity index (χ3v) is 0.917. The lowest BCUT2D eigenvalue weighted by molar-refractivity contribution is -0.138. The Hall–Kier alpha value is -0.510. The zero-order chi connectivity index (χ0) is 9.28. The fourth-order valence-corrected chi connectivity index (χ4v) is 0.434. The van der Waals surface area contributed by atoms with Crippen LogP contribution >= 0.6 is 8.69 Å². The van der Waals surface area contributed by atoms with E-state index < -0.39 is 20.7 Å². The van der Waals surface area contributed by atoms with E-state index >= 15 is 0 Å². The lowest BCUT2D eigenvalue weighted by Crippen LogP contribution is -2.29. The van der Waals surface area contributed by atoms with E-state index in [0.717, 1.165) is 6.42 Å². The van der Waals surface area contributed by atoms with Gasteiger partial charge in [0, 0.05) is 0 Å². The maximum absolute atomic E-state index is 9.96. The summed E-state index contributed by atoms with van der Waals surface area (Å²) in [5, 5.41) is 8.19. The van der Waals surface area contributed by atoms with E-state index in [-0.39, 0.29) is 0 Å². The normalized spacial score (nSPS) is 11.5. The van der Waals surface area contributed by atoms with E-state index in [9.17, 15) is 4.79 Å². The van der Waals surface area contributed by atoms with E-state index in [2.05, 4.69) is 0 Å². The molecule has 66 valence electrons. The van der Waals surface area contributed by atoms with E-state index in [4.69, 9.17) is 20.3 Å². The summed E-state index contributed by atoms with van der Waals surface area (Å²) in [5.41, 5.74) is 5.13. The lowest BCUT2D eigenvalue weighted by atomic mass is 10.2. The fourth-order valence-electron chi connectivity index (χ4n) is 0.434. The highest BCUT2D eigenvalue weighted by Crippen LogP contribution is 1.91.